The molecule has 0 amide bonds. The molecule has 2 aromatic rings. The molecule has 1 saturated carbocycles. The molecule has 1 aliphatic rings. The molecule has 0 N–H and O–H groups in total. The molecule has 1 fully saturated rings. The highest BCUT2D eigenvalue weighted by Crippen LogP contribution is 2.43. The number of nitrogens with zero attached hydrogens (tertiary/aromatic N) is 4. The molecule has 0 atom stereocenters. The molecule has 6 heteroatoms. The van der Waals surface area contributed by atoms with Gasteiger partial charge in [0.2, 0.25) is 0 Å². The molecule has 4 nitrogen and oxygen atoms in total. The molecule has 3 rings (SSSR count). The maximum absolute atomic E-state index is 5.84. The summed E-state index contributed by atoms with van der Waals surface area (Å²) in [7, 11) is 0. The minimum absolute atomic E-state index is 0.215. The Balaban J connectivity index is 2.08. The van der Waals surface area contributed by atoms with E-state index in [-0.39, 0.29) is 5.41 Å². The molecule has 0 aliphatic heterocycles. The Bertz CT molecular complexity index is 530. The monoisotopic (exact) mass is 308 g/mol. The normalized spacial score (nSPS) is 17.9. The van der Waals surface area contributed by atoms with Crippen LogP contribution >= 0.6 is 23.2 Å². The zero-order chi connectivity index (χ0) is 14.0. The third-order valence-electron chi connectivity index (χ3n) is 3.95. The van der Waals surface area contributed by atoms with Gasteiger partial charge in [0.15, 0.2) is 10.3 Å². The first kappa shape index (κ1) is 13.7. The van der Waals surface area contributed by atoms with Crippen LogP contribution in [-0.4, -0.2) is 20.4 Å². The molecule has 0 bridgehead atoms. The average molecular weight is 309 g/mol. The van der Waals surface area contributed by atoms with E-state index in [9.17, 15) is 0 Å². The van der Waals surface area contributed by atoms with Gasteiger partial charge in [-0.2, -0.15) is 10.2 Å². The molecular formula is C14H14Cl2N4. The van der Waals surface area contributed by atoms with E-state index in [0.717, 1.165) is 37.1 Å². The predicted octanol–water partition coefficient (Wildman–Crippen LogP) is 3.82. The van der Waals surface area contributed by atoms with Gasteiger partial charge in [0.05, 0.1) is 16.8 Å². The van der Waals surface area contributed by atoms with E-state index in [2.05, 4.69) is 20.4 Å². The second-order valence-electron chi connectivity index (χ2n) is 5.13. The van der Waals surface area contributed by atoms with Gasteiger partial charge >= 0.3 is 0 Å². The first-order chi connectivity index (χ1) is 9.71. The summed E-state index contributed by atoms with van der Waals surface area (Å²) in [6.45, 7) is 0. The Morgan fingerprint density at radius 2 is 1.20 bits per heavy atom. The second kappa shape index (κ2) is 5.62. The summed E-state index contributed by atoms with van der Waals surface area (Å²) in [5.74, 6) is 0. The average Bonchev–Trinajstić information content (AvgIpc) is 2.49. The van der Waals surface area contributed by atoms with Crippen LogP contribution < -0.4 is 0 Å². The summed E-state index contributed by atoms with van der Waals surface area (Å²) in [4.78, 5) is 0. The van der Waals surface area contributed by atoms with Crippen molar-refractivity contribution in [2.45, 2.75) is 37.5 Å². The third kappa shape index (κ3) is 2.50. The van der Waals surface area contributed by atoms with Crippen LogP contribution in [0.4, 0.5) is 0 Å². The molecule has 2 heterocycles. The Morgan fingerprint density at radius 3 is 1.60 bits per heavy atom. The largest absolute Gasteiger partial charge is 0.153 e. The van der Waals surface area contributed by atoms with Gasteiger partial charge in [-0.25, -0.2) is 0 Å². The van der Waals surface area contributed by atoms with Gasteiger partial charge in [0, 0.05) is 0 Å². The van der Waals surface area contributed by atoms with Gasteiger partial charge in [0.1, 0.15) is 0 Å². The fraction of sp³-hybridized carbons (Fsp3) is 0.429. The molecule has 0 saturated heterocycles. The van der Waals surface area contributed by atoms with Gasteiger partial charge in [-0.15, -0.1) is 10.2 Å². The smallest absolute Gasteiger partial charge is 0.151 e. The van der Waals surface area contributed by atoms with Gasteiger partial charge in [-0.1, -0.05) is 42.5 Å². The van der Waals surface area contributed by atoms with Crippen LogP contribution in [0.3, 0.4) is 0 Å². The summed E-state index contributed by atoms with van der Waals surface area (Å²) >= 11 is 11.7. The van der Waals surface area contributed by atoms with Crippen LogP contribution in [0, 0.1) is 0 Å². The van der Waals surface area contributed by atoms with Crippen molar-refractivity contribution < 1.29 is 0 Å². The molecule has 0 radical (unpaired) electrons. The van der Waals surface area contributed by atoms with Crippen LogP contribution in [0.1, 0.15) is 43.5 Å². The minimum Gasteiger partial charge on any atom is -0.153 e. The number of aromatic nitrogens is 4. The van der Waals surface area contributed by atoms with Crippen LogP contribution in [0.25, 0.3) is 0 Å². The van der Waals surface area contributed by atoms with Crippen molar-refractivity contribution in [3.05, 3.63) is 46.0 Å². The van der Waals surface area contributed by atoms with Crippen molar-refractivity contribution in [2.75, 3.05) is 0 Å². The van der Waals surface area contributed by atoms with Crippen LogP contribution in [0.15, 0.2) is 24.3 Å². The van der Waals surface area contributed by atoms with Gasteiger partial charge in [-0.05, 0) is 37.1 Å². The van der Waals surface area contributed by atoms with Crippen molar-refractivity contribution in [1.29, 1.82) is 0 Å². The Labute approximate surface area is 127 Å². The quantitative estimate of drug-likeness (QED) is 0.846. The van der Waals surface area contributed by atoms with Gasteiger partial charge in [-0.3, -0.25) is 0 Å². The van der Waals surface area contributed by atoms with E-state index in [0.29, 0.717) is 10.3 Å². The van der Waals surface area contributed by atoms with Crippen molar-refractivity contribution in [1.82, 2.24) is 20.4 Å². The summed E-state index contributed by atoms with van der Waals surface area (Å²) in [6.07, 6.45) is 5.53. The first-order valence-electron chi connectivity index (χ1n) is 6.70. The lowest BCUT2D eigenvalue weighted by atomic mass is 9.69. The number of hydrogen-bond donors (Lipinski definition) is 0. The maximum atomic E-state index is 5.84. The zero-order valence-corrected chi connectivity index (χ0v) is 12.4. The summed E-state index contributed by atoms with van der Waals surface area (Å²) in [5, 5.41) is 17.4. The minimum atomic E-state index is -0.215. The van der Waals surface area contributed by atoms with E-state index < -0.39 is 0 Å². The topological polar surface area (TPSA) is 51.6 Å². The lowest BCUT2D eigenvalue weighted by molar-refractivity contribution is 0.326. The maximum Gasteiger partial charge on any atom is 0.151 e. The molecule has 0 spiro atoms. The third-order valence-corrected chi connectivity index (χ3v) is 4.35. The van der Waals surface area contributed by atoms with Crippen molar-refractivity contribution in [3.8, 4) is 0 Å². The van der Waals surface area contributed by atoms with Gasteiger partial charge < -0.3 is 0 Å². The SMILES string of the molecule is Clc1ccc(C2(c3ccc(Cl)nn3)CCCCC2)nn1. The standard InChI is InChI=1S/C14H14Cl2N4/c15-12-6-4-10(17-19-12)14(8-2-1-3-9-14)11-5-7-13(16)20-18-11/h4-7H,1-3,8-9H2. The van der Waals surface area contributed by atoms with E-state index in [4.69, 9.17) is 23.2 Å². The van der Waals surface area contributed by atoms with Crippen LogP contribution in [0.2, 0.25) is 10.3 Å². The summed E-state index contributed by atoms with van der Waals surface area (Å²) < 4.78 is 0. The number of hydrogen-bond acceptors (Lipinski definition) is 4. The predicted molar refractivity (Wildman–Crippen MR) is 77.9 cm³/mol. The molecule has 104 valence electrons. The fourth-order valence-corrected chi connectivity index (χ4v) is 3.14. The highest BCUT2D eigenvalue weighted by atomic mass is 35.5. The molecular weight excluding hydrogens is 295 g/mol. The Morgan fingerprint density at radius 1 is 0.700 bits per heavy atom. The van der Waals surface area contributed by atoms with Crippen LogP contribution in [-0.2, 0) is 5.41 Å². The van der Waals surface area contributed by atoms with Crippen LogP contribution in [0.5, 0.6) is 0 Å². The van der Waals surface area contributed by atoms with Crippen molar-refractivity contribution in [3.63, 3.8) is 0 Å². The molecule has 0 unspecified atom stereocenters. The lowest BCUT2D eigenvalue weighted by Crippen LogP contribution is -2.33. The second-order valence-corrected chi connectivity index (χ2v) is 5.90. The fourth-order valence-electron chi connectivity index (χ4n) is 2.94. The first-order valence-corrected chi connectivity index (χ1v) is 7.46. The van der Waals surface area contributed by atoms with E-state index in [1.54, 1.807) is 12.1 Å². The van der Waals surface area contributed by atoms with E-state index in [1.807, 2.05) is 12.1 Å². The molecule has 0 aromatic carbocycles. The highest BCUT2D eigenvalue weighted by Gasteiger charge is 2.39. The summed E-state index contributed by atoms with van der Waals surface area (Å²) in [5.41, 5.74) is 1.62. The zero-order valence-electron chi connectivity index (χ0n) is 10.9. The molecule has 2 aromatic heterocycles. The Kier molecular flexibility index (Phi) is 3.85. The Hall–Kier alpha value is -1.26. The van der Waals surface area contributed by atoms with E-state index >= 15 is 0 Å². The molecule has 1 aliphatic carbocycles. The van der Waals surface area contributed by atoms with Crippen molar-refractivity contribution in [2.24, 2.45) is 0 Å². The van der Waals surface area contributed by atoms with Crippen molar-refractivity contribution >= 4 is 23.2 Å². The molecule has 20 heavy (non-hydrogen) atoms. The highest BCUT2D eigenvalue weighted by molar-refractivity contribution is 6.29. The summed E-state index contributed by atoms with van der Waals surface area (Å²) in [6, 6.07) is 7.45. The van der Waals surface area contributed by atoms with E-state index in [1.165, 1.54) is 6.42 Å². The number of halogens is 2. The van der Waals surface area contributed by atoms with Gasteiger partial charge in [0.25, 0.3) is 0 Å². The lowest BCUT2D eigenvalue weighted by Gasteiger charge is -2.35. The number of rotatable bonds is 2.